The summed E-state index contributed by atoms with van der Waals surface area (Å²) in [5, 5.41) is 5.13. The van der Waals surface area contributed by atoms with Crippen LogP contribution in [0.1, 0.15) is 32.1 Å². The molecule has 0 aliphatic carbocycles. The van der Waals surface area contributed by atoms with Crippen molar-refractivity contribution in [1.29, 1.82) is 0 Å². The van der Waals surface area contributed by atoms with Gasteiger partial charge < -0.3 is 15.0 Å². The summed E-state index contributed by atoms with van der Waals surface area (Å²) in [6.07, 6.45) is 6.34. The van der Waals surface area contributed by atoms with Gasteiger partial charge in [-0.05, 0) is 50.3 Å². The summed E-state index contributed by atoms with van der Waals surface area (Å²) >= 11 is 0. The standard InChI is InChI=1S/C21H28N2O2/c24-21(22-13-8-16-23-14-5-1-2-6-15-23)17-25-20-12-7-10-18-9-3-4-11-19(18)20/h3-4,7,9-12H,1-2,5-6,8,13-17H2,(H,22,24). The van der Waals surface area contributed by atoms with Crippen molar-refractivity contribution in [2.45, 2.75) is 32.1 Å². The number of amides is 1. The summed E-state index contributed by atoms with van der Waals surface area (Å²) in [5.41, 5.74) is 0. The smallest absolute Gasteiger partial charge is 0.257 e. The average molecular weight is 340 g/mol. The molecule has 0 unspecified atom stereocenters. The summed E-state index contributed by atoms with van der Waals surface area (Å²) in [6, 6.07) is 14.0. The molecule has 1 aliphatic rings. The quantitative estimate of drug-likeness (QED) is 0.783. The van der Waals surface area contributed by atoms with Gasteiger partial charge in [0, 0.05) is 11.9 Å². The van der Waals surface area contributed by atoms with E-state index in [1.165, 1.54) is 38.8 Å². The van der Waals surface area contributed by atoms with E-state index in [1.807, 2.05) is 42.5 Å². The zero-order valence-corrected chi connectivity index (χ0v) is 14.9. The van der Waals surface area contributed by atoms with E-state index in [9.17, 15) is 4.79 Å². The summed E-state index contributed by atoms with van der Waals surface area (Å²) in [7, 11) is 0. The minimum atomic E-state index is -0.0520. The van der Waals surface area contributed by atoms with E-state index in [4.69, 9.17) is 4.74 Å². The number of likely N-dealkylation sites (tertiary alicyclic amines) is 1. The van der Waals surface area contributed by atoms with Gasteiger partial charge in [-0.2, -0.15) is 0 Å². The molecule has 0 saturated carbocycles. The number of nitrogens with zero attached hydrogens (tertiary/aromatic N) is 1. The van der Waals surface area contributed by atoms with Crippen molar-refractivity contribution in [3.8, 4) is 5.75 Å². The Bertz CT molecular complexity index is 673. The van der Waals surface area contributed by atoms with Gasteiger partial charge in [0.25, 0.3) is 5.91 Å². The van der Waals surface area contributed by atoms with Crippen molar-refractivity contribution in [3.63, 3.8) is 0 Å². The van der Waals surface area contributed by atoms with Gasteiger partial charge in [-0.3, -0.25) is 4.79 Å². The number of carbonyl (C=O) groups is 1. The lowest BCUT2D eigenvalue weighted by molar-refractivity contribution is -0.123. The lowest BCUT2D eigenvalue weighted by Gasteiger charge is -2.19. The number of benzene rings is 2. The maximum atomic E-state index is 12.0. The van der Waals surface area contributed by atoms with Crippen molar-refractivity contribution in [2.24, 2.45) is 0 Å². The third-order valence-electron chi connectivity index (χ3n) is 4.78. The number of hydrogen-bond acceptors (Lipinski definition) is 3. The summed E-state index contributed by atoms with van der Waals surface area (Å²) in [4.78, 5) is 14.5. The van der Waals surface area contributed by atoms with Gasteiger partial charge in [0.05, 0.1) is 0 Å². The second-order valence-electron chi connectivity index (χ2n) is 6.73. The fourth-order valence-electron chi connectivity index (χ4n) is 3.41. The Labute approximate surface area is 150 Å². The minimum Gasteiger partial charge on any atom is -0.483 e. The van der Waals surface area contributed by atoms with Gasteiger partial charge in [0.2, 0.25) is 0 Å². The fraction of sp³-hybridized carbons (Fsp3) is 0.476. The summed E-state index contributed by atoms with van der Waals surface area (Å²) < 4.78 is 5.72. The monoisotopic (exact) mass is 340 g/mol. The SMILES string of the molecule is O=C(COc1cccc2ccccc12)NCCCN1CCCCCC1. The van der Waals surface area contributed by atoms with Crippen LogP contribution in [-0.2, 0) is 4.79 Å². The van der Waals surface area contributed by atoms with Gasteiger partial charge in [0.15, 0.2) is 6.61 Å². The van der Waals surface area contributed by atoms with Crippen LogP contribution < -0.4 is 10.1 Å². The van der Waals surface area contributed by atoms with Crippen LogP contribution in [0, 0.1) is 0 Å². The maximum absolute atomic E-state index is 12.0. The fourth-order valence-corrected chi connectivity index (χ4v) is 3.41. The topological polar surface area (TPSA) is 41.6 Å². The highest BCUT2D eigenvalue weighted by Crippen LogP contribution is 2.24. The van der Waals surface area contributed by atoms with Crippen LogP contribution in [0.25, 0.3) is 10.8 Å². The maximum Gasteiger partial charge on any atom is 0.257 e. The molecule has 0 spiro atoms. The highest BCUT2D eigenvalue weighted by molar-refractivity contribution is 5.88. The molecular weight excluding hydrogens is 312 g/mol. The van der Waals surface area contributed by atoms with Crippen LogP contribution in [-0.4, -0.2) is 43.6 Å². The molecular formula is C21H28N2O2. The Balaban J connectivity index is 1.38. The van der Waals surface area contributed by atoms with E-state index < -0.39 is 0 Å². The summed E-state index contributed by atoms with van der Waals surface area (Å²) in [5.74, 6) is 0.710. The second kappa shape index (κ2) is 9.42. The molecule has 4 heteroatoms. The highest BCUT2D eigenvalue weighted by Gasteiger charge is 2.09. The molecule has 4 nitrogen and oxygen atoms in total. The molecule has 2 aromatic rings. The van der Waals surface area contributed by atoms with E-state index in [-0.39, 0.29) is 12.5 Å². The van der Waals surface area contributed by atoms with Crippen LogP contribution in [0.2, 0.25) is 0 Å². The van der Waals surface area contributed by atoms with Crippen molar-refractivity contribution in [1.82, 2.24) is 10.2 Å². The van der Waals surface area contributed by atoms with Crippen LogP contribution in [0.15, 0.2) is 42.5 Å². The molecule has 25 heavy (non-hydrogen) atoms. The number of fused-ring (bicyclic) bond motifs is 1. The third-order valence-corrected chi connectivity index (χ3v) is 4.78. The van der Waals surface area contributed by atoms with Gasteiger partial charge in [0.1, 0.15) is 5.75 Å². The molecule has 0 radical (unpaired) electrons. The van der Waals surface area contributed by atoms with Gasteiger partial charge in [-0.15, -0.1) is 0 Å². The van der Waals surface area contributed by atoms with Crippen molar-refractivity contribution in [3.05, 3.63) is 42.5 Å². The molecule has 1 aliphatic heterocycles. The molecule has 1 N–H and O–H groups in total. The first kappa shape index (κ1) is 17.7. The molecule has 2 aromatic carbocycles. The van der Waals surface area contributed by atoms with E-state index in [0.717, 1.165) is 29.5 Å². The molecule has 0 atom stereocenters. The van der Waals surface area contributed by atoms with Crippen LogP contribution in [0.3, 0.4) is 0 Å². The number of rotatable bonds is 7. The van der Waals surface area contributed by atoms with E-state index in [2.05, 4.69) is 10.2 Å². The molecule has 134 valence electrons. The van der Waals surface area contributed by atoms with Gasteiger partial charge in [-0.25, -0.2) is 0 Å². The molecule has 0 bridgehead atoms. The second-order valence-corrected chi connectivity index (χ2v) is 6.73. The normalized spacial score (nSPS) is 15.7. The lowest BCUT2D eigenvalue weighted by atomic mass is 10.1. The van der Waals surface area contributed by atoms with Crippen molar-refractivity contribution >= 4 is 16.7 Å². The van der Waals surface area contributed by atoms with E-state index in [1.54, 1.807) is 0 Å². The number of carbonyl (C=O) groups excluding carboxylic acids is 1. The number of nitrogens with one attached hydrogen (secondary N) is 1. The zero-order valence-electron chi connectivity index (χ0n) is 14.9. The number of hydrogen-bond donors (Lipinski definition) is 1. The van der Waals surface area contributed by atoms with E-state index in [0.29, 0.717) is 6.54 Å². The van der Waals surface area contributed by atoms with Crippen molar-refractivity contribution < 1.29 is 9.53 Å². The Morgan fingerprint density at radius 3 is 2.60 bits per heavy atom. The average Bonchev–Trinajstić information content (AvgIpc) is 2.92. The Morgan fingerprint density at radius 1 is 1.00 bits per heavy atom. The van der Waals surface area contributed by atoms with Crippen molar-refractivity contribution in [2.75, 3.05) is 32.8 Å². The zero-order chi connectivity index (χ0) is 17.3. The molecule has 1 fully saturated rings. The Kier molecular flexibility index (Phi) is 6.69. The molecule has 1 heterocycles. The Morgan fingerprint density at radius 2 is 1.76 bits per heavy atom. The first-order valence-corrected chi connectivity index (χ1v) is 9.42. The lowest BCUT2D eigenvalue weighted by Crippen LogP contribution is -2.33. The number of ether oxygens (including phenoxy) is 1. The van der Waals surface area contributed by atoms with Crippen LogP contribution in [0.4, 0.5) is 0 Å². The molecule has 1 saturated heterocycles. The third kappa shape index (κ3) is 5.46. The predicted molar refractivity (Wildman–Crippen MR) is 102 cm³/mol. The summed E-state index contributed by atoms with van der Waals surface area (Å²) in [6.45, 7) is 4.27. The Hall–Kier alpha value is -2.07. The van der Waals surface area contributed by atoms with E-state index >= 15 is 0 Å². The van der Waals surface area contributed by atoms with Crippen LogP contribution in [0.5, 0.6) is 5.75 Å². The molecule has 1 amide bonds. The first-order valence-electron chi connectivity index (χ1n) is 9.42. The predicted octanol–water partition coefficient (Wildman–Crippen LogP) is 3.60. The van der Waals surface area contributed by atoms with Gasteiger partial charge in [-0.1, -0.05) is 49.2 Å². The van der Waals surface area contributed by atoms with Gasteiger partial charge >= 0.3 is 0 Å². The first-order chi connectivity index (χ1) is 12.3. The largest absolute Gasteiger partial charge is 0.483 e. The molecule has 3 rings (SSSR count). The highest BCUT2D eigenvalue weighted by atomic mass is 16.5. The minimum absolute atomic E-state index is 0.0520. The van der Waals surface area contributed by atoms with Crippen LogP contribution >= 0.6 is 0 Å². The molecule has 0 aromatic heterocycles.